The maximum absolute atomic E-state index is 14.9. The van der Waals surface area contributed by atoms with Crippen molar-refractivity contribution in [1.29, 1.82) is 0 Å². The Morgan fingerprint density at radius 3 is 2.38 bits per heavy atom. The van der Waals surface area contributed by atoms with Gasteiger partial charge in [-0.2, -0.15) is 13.2 Å². The summed E-state index contributed by atoms with van der Waals surface area (Å²) in [7, 11) is 5.11. The summed E-state index contributed by atoms with van der Waals surface area (Å²) in [5.74, 6) is 0.339. The number of anilines is 2. The fraction of sp³-hybridized carbons (Fsp3) is 0.464. The average Bonchev–Trinajstić information content (AvgIpc) is 2.87. The average molecular weight is 548 g/mol. The molecular weight excluding hydrogens is 514 g/mol. The van der Waals surface area contributed by atoms with Crippen molar-refractivity contribution in [2.24, 2.45) is 5.92 Å². The van der Waals surface area contributed by atoms with Gasteiger partial charge in [0.15, 0.2) is 0 Å². The van der Waals surface area contributed by atoms with Gasteiger partial charge in [-0.25, -0.2) is 14.4 Å². The summed E-state index contributed by atoms with van der Waals surface area (Å²) in [6.45, 7) is 3.25. The number of carbonyl (C=O) groups is 1. The van der Waals surface area contributed by atoms with Gasteiger partial charge in [0.05, 0.1) is 24.2 Å². The summed E-state index contributed by atoms with van der Waals surface area (Å²) in [6.07, 6.45) is -1.77. The fourth-order valence-corrected chi connectivity index (χ4v) is 5.39. The molecule has 3 aromatic rings. The number of nitrogens with one attached hydrogen (secondary N) is 1. The molecule has 0 radical (unpaired) electrons. The summed E-state index contributed by atoms with van der Waals surface area (Å²) in [5, 5.41) is 3.72. The Morgan fingerprint density at radius 2 is 1.79 bits per heavy atom. The van der Waals surface area contributed by atoms with Crippen LogP contribution in [-0.2, 0) is 11.0 Å². The number of amides is 1. The Kier molecular flexibility index (Phi) is 7.90. The predicted molar refractivity (Wildman–Crippen MR) is 142 cm³/mol. The number of rotatable bonds is 6. The van der Waals surface area contributed by atoms with E-state index < -0.39 is 23.6 Å². The van der Waals surface area contributed by atoms with Gasteiger partial charge in [0.2, 0.25) is 5.91 Å². The summed E-state index contributed by atoms with van der Waals surface area (Å²) >= 11 is 0. The Morgan fingerprint density at radius 1 is 1.13 bits per heavy atom. The largest absolute Gasteiger partial charge is 0.496 e. The van der Waals surface area contributed by atoms with Crippen LogP contribution in [0.15, 0.2) is 24.3 Å². The van der Waals surface area contributed by atoms with Crippen LogP contribution in [0, 0.1) is 18.7 Å². The number of methoxy groups -OCH3 is 1. The number of nitrogen functional groups attached to an aromatic ring is 1. The van der Waals surface area contributed by atoms with Crippen molar-refractivity contribution in [3.05, 3.63) is 52.6 Å². The highest BCUT2D eigenvalue weighted by Crippen LogP contribution is 2.43. The van der Waals surface area contributed by atoms with Crippen molar-refractivity contribution in [3.63, 3.8) is 0 Å². The molecule has 0 aliphatic heterocycles. The maximum Gasteiger partial charge on any atom is 0.419 e. The molecule has 0 saturated heterocycles. The predicted octanol–water partition coefficient (Wildman–Crippen LogP) is 6.22. The molecule has 1 saturated carbocycles. The van der Waals surface area contributed by atoms with E-state index in [1.807, 2.05) is 12.1 Å². The molecule has 1 aromatic heterocycles. The topological polar surface area (TPSA) is 93.4 Å². The lowest BCUT2D eigenvalue weighted by Crippen LogP contribution is -2.32. The normalized spacial score (nSPS) is 18.6. The number of halogens is 4. The molecule has 2 aromatic carbocycles. The molecule has 3 N–H and O–H groups in total. The van der Waals surface area contributed by atoms with Crippen molar-refractivity contribution in [3.8, 4) is 5.75 Å². The first kappa shape index (κ1) is 28.4. The zero-order valence-electron chi connectivity index (χ0n) is 22.6. The van der Waals surface area contributed by atoms with Crippen LogP contribution in [0.4, 0.5) is 29.1 Å². The zero-order valence-corrected chi connectivity index (χ0v) is 22.6. The molecule has 0 unspecified atom stereocenters. The molecule has 1 amide bonds. The fourth-order valence-electron chi connectivity index (χ4n) is 5.39. The van der Waals surface area contributed by atoms with Gasteiger partial charge >= 0.3 is 6.18 Å². The highest BCUT2D eigenvalue weighted by molar-refractivity contribution is 5.91. The van der Waals surface area contributed by atoms with Crippen LogP contribution in [0.25, 0.3) is 10.9 Å². The van der Waals surface area contributed by atoms with Crippen LogP contribution in [0.2, 0.25) is 0 Å². The number of hydrogen-bond donors (Lipinski definition) is 2. The lowest BCUT2D eigenvalue weighted by Gasteiger charge is -2.30. The number of alkyl halides is 3. The molecule has 1 atom stereocenters. The quantitative estimate of drug-likeness (QED) is 0.281. The van der Waals surface area contributed by atoms with Crippen molar-refractivity contribution < 1.29 is 27.1 Å². The smallest absolute Gasteiger partial charge is 0.419 e. The number of carbonyl (C=O) groups excluding carboxylic acids is 1. The second-order valence-electron chi connectivity index (χ2n) is 10.3. The van der Waals surface area contributed by atoms with Gasteiger partial charge in [0.1, 0.15) is 23.2 Å². The minimum atomic E-state index is -4.88. The first-order chi connectivity index (χ1) is 18.3. The molecule has 4 rings (SSSR count). The van der Waals surface area contributed by atoms with Crippen LogP contribution in [-0.4, -0.2) is 42.0 Å². The highest BCUT2D eigenvalue weighted by atomic mass is 19.4. The molecule has 210 valence electrons. The molecule has 1 aliphatic rings. The summed E-state index contributed by atoms with van der Waals surface area (Å²) in [6, 6.07) is 4.65. The molecule has 39 heavy (non-hydrogen) atoms. The summed E-state index contributed by atoms with van der Waals surface area (Å²) < 4.78 is 60.8. The minimum Gasteiger partial charge on any atom is -0.496 e. The van der Waals surface area contributed by atoms with Gasteiger partial charge in [0.25, 0.3) is 0 Å². The van der Waals surface area contributed by atoms with E-state index in [-0.39, 0.29) is 29.0 Å². The minimum absolute atomic E-state index is 0.0124. The first-order valence-corrected chi connectivity index (χ1v) is 12.8. The van der Waals surface area contributed by atoms with E-state index in [1.165, 1.54) is 6.07 Å². The Hall–Kier alpha value is -3.63. The molecule has 1 fully saturated rings. The molecule has 0 bridgehead atoms. The van der Waals surface area contributed by atoms with Gasteiger partial charge in [-0.15, -0.1) is 0 Å². The number of hydrogen-bond acceptors (Lipinski definition) is 6. The standard InChI is InChI=1S/C28H33F4N5O2/c1-14(19-10-18(33)11-22(25(19)29)28(30,31)32)34-26-21-12-20(24(39-5)13-23(21)35-15(2)36-26)16-6-8-17(9-7-16)27(38)37(3)4/h10-14,16-17H,6-9,33H2,1-5H3,(H,34,35,36)/t14-,16-,17+/m1/s1. The number of nitrogens with two attached hydrogens (primary N) is 1. The van der Waals surface area contributed by atoms with E-state index in [0.717, 1.165) is 31.2 Å². The molecule has 1 heterocycles. The molecule has 11 heteroatoms. The van der Waals surface area contributed by atoms with Gasteiger partial charge in [-0.3, -0.25) is 4.79 Å². The van der Waals surface area contributed by atoms with Crippen LogP contribution in [0.1, 0.15) is 67.1 Å². The van der Waals surface area contributed by atoms with E-state index in [4.69, 9.17) is 10.5 Å². The highest BCUT2D eigenvalue weighted by Gasteiger charge is 2.36. The van der Waals surface area contributed by atoms with Crippen LogP contribution < -0.4 is 15.8 Å². The van der Waals surface area contributed by atoms with E-state index in [2.05, 4.69) is 15.3 Å². The van der Waals surface area contributed by atoms with Crippen LogP contribution in [0.5, 0.6) is 5.75 Å². The lowest BCUT2D eigenvalue weighted by atomic mass is 9.77. The maximum atomic E-state index is 14.9. The molecule has 7 nitrogen and oxygen atoms in total. The summed E-state index contributed by atoms with van der Waals surface area (Å²) in [5.41, 5.74) is 5.40. The Labute approximate surface area is 224 Å². The van der Waals surface area contributed by atoms with Gasteiger partial charge in [-0.1, -0.05) is 0 Å². The van der Waals surface area contributed by atoms with Crippen molar-refractivity contribution in [1.82, 2.24) is 14.9 Å². The van der Waals surface area contributed by atoms with Gasteiger partial charge < -0.3 is 20.7 Å². The third kappa shape index (κ3) is 5.86. The van der Waals surface area contributed by atoms with E-state index in [9.17, 15) is 22.4 Å². The van der Waals surface area contributed by atoms with Crippen molar-refractivity contribution >= 4 is 28.3 Å². The molecule has 0 spiro atoms. The second-order valence-corrected chi connectivity index (χ2v) is 10.3. The third-order valence-electron chi connectivity index (χ3n) is 7.36. The van der Waals surface area contributed by atoms with Crippen LogP contribution in [0.3, 0.4) is 0 Å². The summed E-state index contributed by atoms with van der Waals surface area (Å²) in [4.78, 5) is 23.1. The molecular formula is C28H33F4N5O2. The second kappa shape index (κ2) is 10.9. The number of benzene rings is 2. The Balaban J connectivity index is 1.71. The third-order valence-corrected chi connectivity index (χ3v) is 7.36. The number of ether oxygens (including phenoxy) is 1. The zero-order chi connectivity index (χ0) is 28.6. The molecule has 1 aliphatic carbocycles. The first-order valence-electron chi connectivity index (χ1n) is 12.8. The Bertz CT molecular complexity index is 1380. The lowest BCUT2D eigenvalue weighted by molar-refractivity contribution is -0.140. The van der Waals surface area contributed by atoms with Crippen LogP contribution >= 0.6 is 0 Å². The number of nitrogens with zero attached hydrogens (tertiary/aromatic N) is 3. The van der Waals surface area contributed by atoms with E-state index >= 15 is 0 Å². The van der Waals surface area contributed by atoms with Gasteiger partial charge in [0, 0.05) is 42.7 Å². The SMILES string of the molecule is COc1cc2nc(C)nc(N[C@H](C)c3cc(N)cc(C(F)(F)F)c3F)c2cc1[C@H]1CC[C@@H](C(=O)N(C)C)CC1. The number of aryl methyl sites for hydroxylation is 1. The number of fused-ring (bicyclic) bond motifs is 1. The van der Waals surface area contributed by atoms with Crippen molar-refractivity contribution in [2.75, 3.05) is 32.3 Å². The van der Waals surface area contributed by atoms with Gasteiger partial charge in [-0.05, 0) is 69.2 Å². The van der Waals surface area contributed by atoms with E-state index in [1.54, 1.807) is 40.0 Å². The van der Waals surface area contributed by atoms with E-state index in [0.29, 0.717) is 34.4 Å². The monoisotopic (exact) mass is 547 g/mol. The van der Waals surface area contributed by atoms with Crippen molar-refractivity contribution in [2.45, 2.75) is 57.7 Å². The number of aromatic nitrogens is 2.